The van der Waals surface area contributed by atoms with Crippen LogP contribution in [0.15, 0.2) is 24.3 Å². The van der Waals surface area contributed by atoms with Crippen molar-refractivity contribution in [3.8, 4) is 0 Å². The fraction of sp³-hybridized carbons (Fsp3) is 0.500. The third-order valence-corrected chi connectivity index (χ3v) is 4.20. The minimum atomic E-state index is -1.43. The number of hydrogen-bond donors (Lipinski definition) is 2. The molecule has 1 amide bonds. The van der Waals surface area contributed by atoms with Gasteiger partial charge in [0.25, 0.3) is 5.91 Å². The van der Waals surface area contributed by atoms with Crippen molar-refractivity contribution in [3.05, 3.63) is 34.9 Å². The molecule has 1 aromatic carbocycles. The number of carbonyl (C=O) groups excluding carboxylic acids is 2. The van der Waals surface area contributed by atoms with E-state index in [0.717, 1.165) is 24.8 Å². The molecule has 0 spiro atoms. The lowest BCUT2D eigenvalue weighted by molar-refractivity contribution is -0.170. The number of aliphatic hydroxyl groups is 1. The summed E-state index contributed by atoms with van der Waals surface area (Å²) in [7, 11) is 0. The van der Waals surface area contributed by atoms with E-state index in [9.17, 15) is 14.7 Å². The van der Waals surface area contributed by atoms with Gasteiger partial charge in [0.1, 0.15) is 0 Å². The van der Waals surface area contributed by atoms with Crippen molar-refractivity contribution in [2.24, 2.45) is 0 Å². The molecule has 1 aliphatic carbocycles. The molecule has 1 fully saturated rings. The molecule has 5 nitrogen and oxygen atoms in total. The first-order chi connectivity index (χ1) is 10.5. The Morgan fingerprint density at radius 1 is 1.23 bits per heavy atom. The van der Waals surface area contributed by atoms with Crippen LogP contribution in [0, 0.1) is 0 Å². The van der Waals surface area contributed by atoms with E-state index in [1.807, 2.05) is 6.07 Å². The van der Waals surface area contributed by atoms with Gasteiger partial charge in [-0.3, -0.25) is 4.79 Å². The molecule has 0 aromatic heterocycles. The van der Waals surface area contributed by atoms with Crippen LogP contribution >= 0.6 is 11.6 Å². The van der Waals surface area contributed by atoms with Gasteiger partial charge in [0.15, 0.2) is 12.2 Å². The molecule has 22 heavy (non-hydrogen) atoms. The van der Waals surface area contributed by atoms with Gasteiger partial charge in [-0.15, -0.1) is 0 Å². The van der Waals surface area contributed by atoms with Crippen molar-refractivity contribution >= 4 is 23.5 Å². The summed E-state index contributed by atoms with van der Waals surface area (Å²) in [5.41, 5.74) is -0.642. The normalized spacial score (nSPS) is 16.8. The minimum absolute atomic E-state index is 0.264. The topological polar surface area (TPSA) is 75.6 Å². The molecule has 2 N–H and O–H groups in total. The molecular weight excluding hydrogens is 306 g/mol. The minimum Gasteiger partial charge on any atom is -0.453 e. The predicted molar refractivity (Wildman–Crippen MR) is 82.3 cm³/mol. The lowest BCUT2D eigenvalue weighted by atomic mass is 9.85. The molecular formula is C16H20ClNO4. The largest absolute Gasteiger partial charge is 0.453 e. The van der Waals surface area contributed by atoms with E-state index in [1.54, 1.807) is 18.2 Å². The average Bonchev–Trinajstić information content (AvgIpc) is 2.52. The highest BCUT2D eigenvalue weighted by atomic mass is 35.5. The number of hydrogen-bond acceptors (Lipinski definition) is 4. The summed E-state index contributed by atoms with van der Waals surface area (Å²) in [6.45, 7) is -0.133. The highest BCUT2D eigenvalue weighted by Gasteiger charge is 2.38. The van der Waals surface area contributed by atoms with Crippen molar-refractivity contribution in [1.29, 1.82) is 0 Å². The quantitative estimate of drug-likeness (QED) is 0.814. The van der Waals surface area contributed by atoms with Crippen LogP contribution in [0.1, 0.15) is 37.7 Å². The molecule has 1 aromatic rings. The monoisotopic (exact) mass is 325 g/mol. The van der Waals surface area contributed by atoms with Crippen LogP contribution in [0.2, 0.25) is 5.02 Å². The first-order valence-corrected chi connectivity index (χ1v) is 7.79. The zero-order chi connectivity index (χ0) is 16.0. The van der Waals surface area contributed by atoms with Gasteiger partial charge in [0.05, 0.1) is 0 Å². The van der Waals surface area contributed by atoms with Crippen molar-refractivity contribution in [2.75, 3.05) is 6.61 Å². The van der Waals surface area contributed by atoms with E-state index in [-0.39, 0.29) is 6.54 Å². The number of esters is 1. The highest BCUT2D eigenvalue weighted by Crippen LogP contribution is 2.29. The third kappa shape index (κ3) is 4.45. The predicted octanol–water partition coefficient (Wildman–Crippen LogP) is 2.19. The van der Waals surface area contributed by atoms with Gasteiger partial charge < -0.3 is 15.2 Å². The summed E-state index contributed by atoms with van der Waals surface area (Å²) in [6.07, 6.45) is 3.39. The van der Waals surface area contributed by atoms with Crippen molar-refractivity contribution < 1.29 is 19.4 Å². The van der Waals surface area contributed by atoms with E-state index in [0.29, 0.717) is 17.9 Å². The van der Waals surface area contributed by atoms with Gasteiger partial charge in [-0.25, -0.2) is 4.79 Å². The number of amides is 1. The maximum absolute atomic E-state index is 11.9. The van der Waals surface area contributed by atoms with E-state index < -0.39 is 24.1 Å². The van der Waals surface area contributed by atoms with Crippen molar-refractivity contribution in [1.82, 2.24) is 5.32 Å². The van der Waals surface area contributed by atoms with Crippen LogP contribution in [-0.2, 0) is 20.9 Å². The Kier molecular flexibility index (Phi) is 5.80. The molecule has 0 atom stereocenters. The van der Waals surface area contributed by atoms with Crippen LogP contribution in [0.5, 0.6) is 0 Å². The van der Waals surface area contributed by atoms with Crippen LogP contribution in [0.4, 0.5) is 0 Å². The Hall–Kier alpha value is -1.59. The number of rotatable bonds is 5. The number of halogens is 1. The van der Waals surface area contributed by atoms with Gasteiger partial charge in [0.2, 0.25) is 0 Å². The highest BCUT2D eigenvalue weighted by molar-refractivity contribution is 6.31. The maximum atomic E-state index is 11.9. The molecule has 0 saturated heterocycles. The SMILES string of the molecule is O=C(COC(=O)C1(O)CCCCC1)NCc1ccccc1Cl. The number of benzene rings is 1. The Morgan fingerprint density at radius 2 is 1.91 bits per heavy atom. The molecule has 0 unspecified atom stereocenters. The van der Waals surface area contributed by atoms with Crippen LogP contribution in [0.25, 0.3) is 0 Å². The second kappa shape index (κ2) is 7.61. The molecule has 0 bridgehead atoms. The van der Waals surface area contributed by atoms with E-state index in [2.05, 4.69) is 5.32 Å². The van der Waals surface area contributed by atoms with Gasteiger partial charge in [-0.1, -0.05) is 36.2 Å². The summed E-state index contributed by atoms with van der Waals surface area (Å²) in [5, 5.41) is 13.4. The van der Waals surface area contributed by atoms with Gasteiger partial charge in [-0.2, -0.15) is 0 Å². The number of nitrogens with one attached hydrogen (secondary N) is 1. The molecule has 1 aliphatic rings. The molecule has 0 aliphatic heterocycles. The molecule has 0 radical (unpaired) electrons. The summed E-state index contributed by atoms with van der Waals surface area (Å²) in [6, 6.07) is 7.17. The van der Waals surface area contributed by atoms with Gasteiger partial charge >= 0.3 is 5.97 Å². The maximum Gasteiger partial charge on any atom is 0.338 e. The van der Waals surface area contributed by atoms with Gasteiger partial charge in [-0.05, 0) is 37.3 Å². The second-order valence-corrected chi connectivity index (χ2v) is 5.94. The Morgan fingerprint density at radius 3 is 2.59 bits per heavy atom. The van der Waals surface area contributed by atoms with Crippen molar-refractivity contribution in [2.45, 2.75) is 44.2 Å². The second-order valence-electron chi connectivity index (χ2n) is 5.54. The van der Waals surface area contributed by atoms with Gasteiger partial charge in [0, 0.05) is 11.6 Å². The van der Waals surface area contributed by atoms with E-state index in [1.165, 1.54) is 0 Å². The van der Waals surface area contributed by atoms with E-state index in [4.69, 9.17) is 16.3 Å². The van der Waals surface area contributed by atoms with Crippen LogP contribution < -0.4 is 5.32 Å². The molecule has 1 saturated carbocycles. The lowest BCUT2D eigenvalue weighted by Gasteiger charge is -2.29. The third-order valence-electron chi connectivity index (χ3n) is 3.83. The fourth-order valence-electron chi connectivity index (χ4n) is 2.49. The molecule has 2 rings (SSSR count). The molecule has 120 valence electrons. The number of carbonyl (C=O) groups is 2. The number of ether oxygens (including phenoxy) is 1. The Balaban J connectivity index is 1.75. The zero-order valence-electron chi connectivity index (χ0n) is 12.3. The Labute approximate surface area is 134 Å². The van der Waals surface area contributed by atoms with Crippen molar-refractivity contribution in [3.63, 3.8) is 0 Å². The molecule has 6 heteroatoms. The summed E-state index contributed by atoms with van der Waals surface area (Å²) < 4.78 is 4.93. The summed E-state index contributed by atoms with van der Waals surface area (Å²) in [4.78, 5) is 23.6. The smallest absolute Gasteiger partial charge is 0.338 e. The first kappa shape index (κ1) is 16.8. The fourth-order valence-corrected chi connectivity index (χ4v) is 2.70. The average molecular weight is 326 g/mol. The molecule has 0 heterocycles. The first-order valence-electron chi connectivity index (χ1n) is 7.41. The summed E-state index contributed by atoms with van der Waals surface area (Å²) in [5.74, 6) is -1.13. The summed E-state index contributed by atoms with van der Waals surface area (Å²) >= 11 is 5.99. The standard InChI is InChI=1S/C16H20ClNO4/c17-13-7-3-2-6-12(13)10-18-14(19)11-22-15(20)16(21)8-4-1-5-9-16/h2-3,6-7,21H,1,4-5,8-11H2,(H,18,19). The van der Waals surface area contributed by atoms with Crippen LogP contribution in [0.3, 0.4) is 0 Å². The van der Waals surface area contributed by atoms with E-state index >= 15 is 0 Å². The lowest BCUT2D eigenvalue weighted by Crippen LogP contribution is -2.43. The Bertz CT molecular complexity index is 541. The van der Waals surface area contributed by atoms with Crippen LogP contribution in [-0.4, -0.2) is 29.2 Å². The zero-order valence-corrected chi connectivity index (χ0v) is 13.1.